The van der Waals surface area contributed by atoms with Crippen molar-refractivity contribution >= 4 is 11.8 Å². The molecule has 0 aromatic heterocycles. The molecule has 1 rings (SSSR count). The van der Waals surface area contributed by atoms with Crippen molar-refractivity contribution in [3.8, 4) is 0 Å². The van der Waals surface area contributed by atoms with E-state index in [0.29, 0.717) is 0 Å². The molecule has 0 heterocycles. The first-order chi connectivity index (χ1) is 9.01. The lowest BCUT2D eigenvalue weighted by Gasteiger charge is -2.20. The lowest BCUT2D eigenvalue weighted by atomic mass is 10.1. The SMILES string of the molecule is CCCOCCSc1cccc(CNC(C)(C)C)c1. The van der Waals surface area contributed by atoms with Crippen LogP contribution in [0.25, 0.3) is 0 Å². The predicted molar refractivity (Wildman–Crippen MR) is 84.9 cm³/mol. The van der Waals surface area contributed by atoms with Crippen LogP contribution in [0, 0.1) is 0 Å². The molecule has 0 unspecified atom stereocenters. The van der Waals surface area contributed by atoms with Crippen LogP contribution in [0.3, 0.4) is 0 Å². The molecule has 0 atom stereocenters. The van der Waals surface area contributed by atoms with Gasteiger partial charge in [0, 0.05) is 29.3 Å². The van der Waals surface area contributed by atoms with Gasteiger partial charge >= 0.3 is 0 Å². The van der Waals surface area contributed by atoms with Crippen LogP contribution in [0.1, 0.15) is 39.7 Å². The molecule has 0 fully saturated rings. The van der Waals surface area contributed by atoms with Crippen LogP contribution in [-0.4, -0.2) is 24.5 Å². The van der Waals surface area contributed by atoms with Crippen molar-refractivity contribution in [2.45, 2.75) is 51.1 Å². The van der Waals surface area contributed by atoms with Crippen LogP contribution in [0.5, 0.6) is 0 Å². The molecule has 0 saturated heterocycles. The van der Waals surface area contributed by atoms with Gasteiger partial charge in [-0.2, -0.15) is 0 Å². The molecule has 1 aromatic carbocycles. The van der Waals surface area contributed by atoms with Crippen LogP contribution < -0.4 is 5.32 Å². The molecule has 3 heteroatoms. The lowest BCUT2D eigenvalue weighted by Crippen LogP contribution is -2.35. The minimum atomic E-state index is 0.164. The fourth-order valence-electron chi connectivity index (χ4n) is 1.58. The molecule has 1 aromatic rings. The van der Waals surface area contributed by atoms with Crippen molar-refractivity contribution in [2.24, 2.45) is 0 Å². The summed E-state index contributed by atoms with van der Waals surface area (Å²) in [6.07, 6.45) is 1.10. The zero-order chi connectivity index (χ0) is 14.1. The number of nitrogens with one attached hydrogen (secondary N) is 1. The number of thioether (sulfide) groups is 1. The predicted octanol–water partition coefficient (Wildman–Crippen LogP) is 4.09. The maximum Gasteiger partial charge on any atom is 0.0560 e. The van der Waals surface area contributed by atoms with Crippen LogP contribution in [0.15, 0.2) is 29.2 Å². The third kappa shape index (κ3) is 8.30. The Balaban J connectivity index is 2.35. The van der Waals surface area contributed by atoms with E-state index in [-0.39, 0.29) is 5.54 Å². The summed E-state index contributed by atoms with van der Waals surface area (Å²) in [7, 11) is 0. The zero-order valence-corrected chi connectivity index (χ0v) is 13.5. The van der Waals surface area contributed by atoms with Gasteiger partial charge in [0.15, 0.2) is 0 Å². The molecule has 0 aliphatic heterocycles. The monoisotopic (exact) mass is 281 g/mol. The van der Waals surface area contributed by atoms with Gasteiger partial charge in [0.05, 0.1) is 6.61 Å². The summed E-state index contributed by atoms with van der Waals surface area (Å²) in [5, 5.41) is 3.52. The van der Waals surface area contributed by atoms with E-state index in [9.17, 15) is 0 Å². The summed E-state index contributed by atoms with van der Waals surface area (Å²) in [5.41, 5.74) is 1.51. The maximum absolute atomic E-state index is 5.49. The summed E-state index contributed by atoms with van der Waals surface area (Å²) in [5.74, 6) is 1.02. The third-order valence-corrected chi connectivity index (χ3v) is 3.52. The average Bonchev–Trinajstić information content (AvgIpc) is 2.36. The molecular weight excluding hydrogens is 254 g/mol. The Hall–Kier alpha value is -0.510. The van der Waals surface area contributed by atoms with E-state index in [1.807, 2.05) is 11.8 Å². The highest BCUT2D eigenvalue weighted by Crippen LogP contribution is 2.19. The summed E-state index contributed by atoms with van der Waals surface area (Å²) < 4.78 is 5.49. The Morgan fingerprint density at radius 3 is 2.68 bits per heavy atom. The Morgan fingerprint density at radius 1 is 1.21 bits per heavy atom. The van der Waals surface area contributed by atoms with Crippen molar-refractivity contribution in [1.29, 1.82) is 0 Å². The normalized spacial score (nSPS) is 11.8. The Labute approximate surface area is 122 Å². The first-order valence-corrected chi connectivity index (χ1v) is 8.04. The number of rotatable bonds is 8. The topological polar surface area (TPSA) is 21.3 Å². The molecule has 1 N–H and O–H groups in total. The van der Waals surface area contributed by atoms with Gasteiger partial charge in [-0.1, -0.05) is 19.1 Å². The van der Waals surface area contributed by atoms with E-state index in [1.165, 1.54) is 10.5 Å². The minimum absolute atomic E-state index is 0.164. The molecule has 0 bridgehead atoms. The van der Waals surface area contributed by atoms with E-state index in [4.69, 9.17) is 4.74 Å². The Morgan fingerprint density at radius 2 is 2.00 bits per heavy atom. The van der Waals surface area contributed by atoms with Crippen LogP contribution >= 0.6 is 11.8 Å². The van der Waals surface area contributed by atoms with Crippen molar-refractivity contribution in [1.82, 2.24) is 5.32 Å². The number of benzene rings is 1. The third-order valence-electron chi connectivity index (χ3n) is 2.57. The highest BCUT2D eigenvalue weighted by molar-refractivity contribution is 7.99. The molecular formula is C16H27NOS. The maximum atomic E-state index is 5.49. The van der Waals surface area contributed by atoms with E-state index in [1.54, 1.807) is 0 Å². The van der Waals surface area contributed by atoms with Crippen molar-refractivity contribution < 1.29 is 4.74 Å². The summed E-state index contributed by atoms with van der Waals surface area (Å²) >= 11 is 1.87. The second-order valence-electron chi connectivity index (χ2n) is 5.71. The molecule has 19 heavy (non-hydrogen) atoms. The summed E-state index contributed by atoms with van der Waals surface area (Å²) in [6, 6.07) is 8.75. The quantitative estimate of drug-likeness (QED) is 0.573. The number of hydrogen-bond acceptors (Lipinski definition) is 3. The standard InChI is InChI=1S/C16H27NOS/c1-5-9-18-10-11-19-15-8-6-7-14(12-15)13-17-16(2,3)4/h6-8,12,17H,5,9-11,13H2,1-4H3. The molecule has 108 valence electrons. The molecule has 0 aliphatic carbocycles. The number of ether oxygens (including phenoxy) is 1. The second-order valence-corrected chi connectivity index (χ2v) is 6.88. The van der Waals surface area contributed by atoms with Crippen molar-refractivity contribution in [3.05, 3.63) is 29.8 Å². The van der Waals surface area contributed by atoms with Crippen molar-refractivity contribution in [3.63, 3.8) is 0 Å². The zero-order valence-electron chi connectivity index (χ0n) is 12.7. The lowest BCUT2D eigenvalue weighted by molar-refractivity contribution is 0.151. The van der Waals surface area contributed by atoms with Crippen LogP contribution in [-0.2, 0) is 11.3 Å². The van der Waals surface area contributed by atoms with Gasteiger partial charge in [-0.15, -0.1) is 11.8 Å². The highest BCUT2D eigenvalue weighted by Gasteiger charge is 2.08. The molecule has 0 radical (unpaired) electrons. The van der Waals surface area contributed by atoms with Gasteiger partial charge in [0.2, 0.25) is 0 Å². The van der Waals surface area contributed by atoms with Crippen LogP contribution in [0.2, 0.25) is 0 Å². The summed E-state index contributed by atoms with van der Waals surface area (Å²) in [6.45, 7) is 11.3. The van der Waals surface area contributed by atoms with Gasteiger partial charge < -0.3 is 10.1 Å². The van der Waals surface area contributed by atoms with Gasteiger partial charge in [0.1, 0.15) is 0 Å². The Kier molecular flexibility index (Phi) is 7.51. The smallest absolute Gasteiger partial charge is 0.0560 e. The first kappa shape index (κ1) is 16.5. The van der Waals surface area contributed by atoms with E-state index >= 15 is 0 Å². The van der Waals surface area contributed by atoms with Crippen LogP contribution in [0.4, 0.5) is 0 Å². The van der Waals surface area contributed by atoms with E-state index in [0.717, 1.165) is 31.9 Å². The van der Waals surface area contributed by atoms with E-state index in [2.05, 4.69) is 57.3 Å². The fraction of sp³-hybridized carbons (Fsp3) is 0.625. The molecule has 0 spiro atoms. The Bertz CT molecular complexity index is 360. The average molecular weight is 281 g/mol. The molecule has 0 aliphatic rings. The summed E-state index contributed by atoms with van der Waals surface area (Å²) in [4.78, 5) is 1.33. The van der Waals surface area contributed by atoms with Gasteiger partial charge in [0.25, 0.3) is 0 Å². The first-order valence-electron chi connectivity index (χ1n) is 7.06. The van der Waals surface area contributed by atoms with Gasteiger partial charge in [-0.05, 0) is 44.9 Å². The highest BCUT2D eigenvalue weighted by atomic mass is 32.2. The fourth-order valence-corrected chi connectivity index (χ4v) is 2.42. The molecule has 0 amide bonds. The van der Waals surface area contributed by atoms with Crippen molar-refractivity contribution in [2.75, 3.05) is 19.0 Å². The molecule has 0 saturated carbocycles. The number of hydrogen-bond donors (Lipinski definition) is 1. The second kappa shape index (κ2) is 8.62. The van der Waals surface area contributed by atoms with Gasteiger partial charge in [-0.25, -0.2) is 0 Å². The molecule has 2 nitrogen and oxygen atoms in total. The largest absolute Gasteiger partial charge is 0.381 e. The minimum Gasteiger partial charge on any atom is -0.381 e. The van der Waals surface area contributed by atoms with E-state index < -0.39 is 0 Å². The van der Waals surface area contributed by atoms with Gasteiger partial charge in [-0.3, -0.25) is 0 Å².